The summed E-state index contributed by atoms with van der Waals surface area (Å²) in [5.74, 6) is 1.60. The van der Waals surface area contributed by atoms with E-state index in [4.69, 9.17) is 32.5 Å². The number of hydrogen-bond acceptors (Lipinski definition) is 4. The summed E-state index contributed by atoms with van der Waals surface area (Å²) in [7, 11) is 1.61. The summed E-state index contributed by atoms with van der Waals surface area (Å²) < 4.78 is 10.4. The molecule has 3 aromatic rings. The molecule has 0 aliphatic rings. The lowest BCUT2D eigenvalue weighted by atomic mass is 10.2. The van der Waals surface area contributed by atoms with Crippen LogP contribution in [0.3, 0.4) is 0 Å². The third kappa shape index (κ3) is 2.86. The van der Waals surface area contributed by atoms with E-state index >= 15 is 0 Å². The maximum absolute atomic E-state index is 6.14. The Morgan fingerprint density at radius 1 is 1.05 bits per heavy atom. The van der Waals surface area contributed by atoms with Gasteiger partial charge in [0.25, 0.3) is 5.89 Å². The van der Waals surface area contributed by atoms with E-state index in [0.29, 0.717) is 27.3 Å². The molecule has 0 spiro atoms. The first-order chi connectivity index (χ1) is 10.2. The van der Waals surface area contributed by atoms with Crippen LogP contribution in [-0.2, 0) is 0 Å². The van der Waals surface area contributed by atoms with Gasteiger partial charge in [0.05, 0.1) is 12.1 Å². The third-order valence-electron chi connectivity index (χ3n) is 2.94. The van der Waals surface area contributed by atoms with Crippen LogP contribution in [0.4, 0.5) is 0 Å². The molecule has 0 aliphatic heterocycles. The number of ether oxygens (including phenoxy) is 1. The molecule has 0 N–H and O–H groups in total. The highest BCUT2D eigenvalue weighted by Gasteiger charge is 2.13. The van der Waals surface area contributed by atoms with Gasteiger partial charge in [-0.05, 0) is 42.5 Å². The lowest BCUT2D eigenvalue weighted by Crippen LogP contribution is -1.84. The van der Waals surface area contributed by atoms with E-state index < -0.39 is 0 Å². The summed E-state index contributed by atoms with van der Waals surface area (Å²) in [6.45, 7) is 0. The first-order valence-electron chi connectivity index (χ1n) is 6.11. The predicted octanol–water partition coefficient (Wildman–Crippen LogP) is 4.72. The molecular weight excluding hydrogens is 311 g/mol. The fourth-order valence-corrected chi connectivity index (χ4v) is 2.35. The summed E-state index contributed by atoms with van der Waals surface area (Å²) >= 11 is 12.0. The largest absolute Gasteiger partial charge is 0.497 e. The van der Waals surface area contributed by atoms with E-state index in [9.17, 15) is 0 Å². The molecule has 0 aliphatic carbocycles. The Kier molecular flexibility index (Phi) is 3.82. The zero-order chi connectivity index (χ0) is 14.8. The van der Waals surface area contributed by atoms with Gasteiger partial charge >= 0.3 is 0 Å². The SMILES string of the molecule is COc1ccc(-c2nc(-c3ccc(Cl)cc3Cl)no2)cc1. The highest BCUT2D eigenvalue weighted by atomic mass is 35.5. The Morgan fingerprint density at radius 2 is 1.81 bits per heavy atom. The zero-order valence-electron chi connectivity index (χ0n) is 11.0. The summed E-state index contributed by atoms with van der Waals surface area (Å²) in [5.41, 5.74) is 1.48. The van der Waals surface area contributed by atoms with E-state index in [-0.39, 0.29) is 0 Å². The Labute approximate surface area is 131 Å². The molecule has 0 fully saturated rings. The van der Waals surface area contributed by atoms with Gasteiger partial charge in [-0.3, -0.25) is 0 Å². The molecule has 0 saturated heterocycles. The molecule has 0 unspecified atom stereocenters. The van der Waals surface area contributed by atoms with Crippen molar-refractivity contribution in [1.82, 2.24) is 10.1 Å². The smallest absolute Gasteiger partial charge is 0.258 e. The van der Waals surface area contributed by atoms with Gasteiger partial charge in [-0.25, -0.2) is 0 Å². The van der Waals surface area contributed by atoms with Crippen molar-refractivity contribution in [3.05, 3.63) is 52.5 Å². The Balaban J connectivity index is 1.95. The van der Waals surface area contributed by atoms with Gasteiger partial charge in [-0.1, -0.05) is 28.4 Å². The van der Waals surface area contributed by atoms with Crippen molar-refractivity contribution in [3.8, 4) is 28.6 Å². The molecule has 0 atom stereocenters. The number of halogens is 2. The molecule has 0 saturated carbocycles. The Bertz CT molecular complexity index is 770. The van der Waals surface area contributed by atoms with E-state index in [2.05, 4.69) is 10.1 Å². The summed E-state index contributed by atoms with van der Waals surface area (Å²) in [6, 6.07) is 12.5. The number of aromatic nitrogens is 2. The van der Waals surface area contributed by atoms with Crippen LogP contribution in [0.15, 0.2) is 47.0 Å². The second-order valence-corrected chi connectivity index (χ2v) is 5.12. The Morgan fingerprint density at radius 3 is 2.48 bits per heavy atom. The fourth-order valence-electron chi connectivity index (χ4n) is 1.85. The van der Waals surface area contributed by atoms with Crippen molar-refractivity contribution >= 4 is 23.2 Å². The van der Waals surface area contributed by atoms with Crippen molar-refractivity contribution in [2.24, 2.45) is 0 Å². The number of benzene rings is 2. The van der Waals surface area contributed by atoms with Crippen molar-refractivity contribution in [3.63, 3.8) is 0 Å². The van der Waals surface area contributed by atoms with Gasteiger partial charge in [0.15, 0.2) is 0 Å². The van der Waals surface area contributed by atoms with Gasteiger partial charge in [0.1, 0.15) is 5.75 Å². The van der Waals surface area contributed by atoms with Crippen LogP contribution in [0, 0.1) is 0 Å². The summed E-state index contributed by atoms with van der Waals surface area (Å²) in [5, 5.41) is 4.99. The minimum Gasteiger partial charge on any atom is -0.497 e. The molecule has 6 heteroatoms. The minimum atomic E-state index is 0.415. The van der Waals surface area contributed by atoms with Crippen LogP contribution >= 0.6 is 23.2 Å². The fraction of sp³-hybridized carbons (Fsp3) is 0.0667. The maximum atomic E-state index is 6.14. The number of methoxy groups -OCH3 is 1. The number of hydrogen-bond donors (Lipinski definition) is 0. The van der Waals surface area contributed by atoms with Gasteiger partial charge in [-0.15, -0.1) is 0 Å². The lowest BCUT2D eigenvalue weighted by molar-refractivity contribution is 0.414. The molecule has 4 nitrogen and oxygen atoms in total. The van der Waals surface area contributed by atoms with Crippen LogP contribution in [0.25, 0.3) is 22.8 Å². The maximum Gasteiger partial charge on any atom is 0.258 e. The average Bonchev–Trinajstić information content (AvgIpc) is 2.97. The first-order valence-corrected chi connectivity index (χ1v) is 6.86. The lowest BCUT2D eigenvalue weighted by Gasteiger charge is -1.99. The topological polar surface area (TPSA) is 48.2 Å². The molecule has 0 bridgehead atoms. The van der Waals surface area contributed by atoms with Crippen LogP contribution in [0.5, 0.6) is 5.75 Å². The molecule has 0 amide bonds. The van der Waals surface area contributed by atoms with E-state index in [1.165, 1.54) is 0 Å². The van der Waals surface area contributed by atoms with Crippen molar-refractivity contribution < 1.29 is 9.26 Å². The van der Waals surface area contributed by atoms with Crippen molar-refractivity contribution in [2.75, 3.05) is 7.11 Å². The molecule has 1 heterocycles. The van der Waals surface area contributed by atoms with Crippen LogP contribution in [0.2, 0.25) is 10.0 Å². The molecule has 21 heavy (non-hydrogen) atoms. The minimum absolute atomic E-state index is 0.415. The summed E-state index contributed by atoms with van der Waals surface area (Å²) in [6.07, 6.45) is 0. The predicted molar refractivity (Wildman–Crippen MR) is 81.7 cm³/mol. The highest BCUT2D eigenvalue weighted by molar-refractivity contribution is 6.36. The van der Waals surface area contributed by atoms with Crippen LogP contribution in [-0.4, -0.2) is 17.3 Å². The monoisotopic (exact) mass is 320 g/mol. The molecule has 3 rings (SSSR count). The third-order valence-corrected chi connectivity index (χ3v) is 3.48. The van der Waals surface area contributed by atoms with Crippen molar-refractivity contribution in [2.45, 2.75) is 0 Å². The standard InChI is InChI=1S/C15H10Cl2N2O2/c1-20-11-5-2-9(3-6-11)15-18-14(19-21-15)12-7-4-10(16)8-13(12)17/h2-8H,1H3. The molecular formula is C15H10Cl2N2O2. The van der Waals surface area contributed by atoms with Gasteiger partial charge in [-0.2, -0.15) is 4.98 Å². The van der Waals surface area contributed by atoms with Gasteiger partial charge < -0.3 is 9.26 Å². The van der Waals surface area contributed by atoms with Crippen LogP contribution in [0.1, 0.15) is 0 Å². The van der Waals surface area contributed by atoms with E-state index in [0.717, 1.165) is 11.3 Å². The highest BCUT2D eigenvalue weighted by Crippen LogP contribution is 2.30. The van der Waals surface area contributed by atoms with Crippen molar-refractivity contribution in [1.29, 1.82) is 0 Å². The van der Waals surface area contributed by atoms with Crippen LogP contribution < -0.4 is 4.74 Å². The normalized spacial score (nSPS) is 10.6. The van der Waals surface area contributed by atoms with E-state index in [1.54, 1.807) is 25.3 Å². The average molecular weight is 321 g/mol. The second kappa shape index (κ2) is 5.76. The Hall–Kier alpha value is -2.04. The van der Waals surface area contributed by atoms with Gasteiger partial charge in [0, 0.05) is 16.1 Å². The van der Waals surface area contributed by atoms with E-state index in [1.807, 2.05) is 24.3 Å². The molecule has 106 valence electrons. The summed E-state index contributed by atoms with van der Waals surface area (Å²) in [4.78, 5) is 4.35. The zero-order valence-corrected chi connectivity index (χ0v) is 12.5. The number of nitrogens with zero attached hydrogens (tertiary/aromatic N) is 2. The molecule has 0 radical (unpaired) electrons. The quantitative estimate of drug-likeness (QED) is 0.700. The molecule has 1 aromatic heterocycles. The number of rotatable bonds is 3. The second-order valence-electron chi connectivity index (χ2n) is 4.28. The van der Waals surface area contributed by atoms with Gasteiger partial charge in [0.2, 0.25) is 5.82 Å². The first kappa shape index (κ1) is 13.9. The molecule has 2 aromatic carbocycles.